The maximum absolute atomic E-state index is 12.1. The summed E-state index contributed by atoms with van der Waals surface area (Å²) in [6, 6.07) is 0. The fourth-order valence-electron chi connectivity index (χ4n) is 2.02. The summed E-state index contributed by atoms with van der Waals surface area (Å²) in [5.41, 5.74) is 0.756. The molecule has 1 aromatic heterocycles. The molecule has 2 rings (SSSR count). The van der Waals surface area contributed by atoms with Crippen LogP contribution in [0, 0.1) is 0 Å². The van der Waals surface area contributed by atoms with Crippen molar-refractivity contribution in [3.05, 3.63) is 11.4 Å². The number of esters is 1. The minimum atomic E-state index is -4.18. The smallest absolute Gasteiger partial charge is 0.389 e. The Kier molecular flexibility index (Phi) is 4.29. The molecule has 1 aliphatic rings. The van der Waals surface area contributed by atoms with Crippen LogP contribution in [0.3, 0.4) is 0 Å². The molecule has 1 aromatic rings. The molecule has 112 valence electrons. The Morgan fingerprint density at radius 1 is 1.45 bits per heavy atom. The van der Waals surface area contributed by atoms with Crippen molar-refractivity contribution >= 4 is 5.97 Å². The van der Waals surface area contributed by atoms with Crippen LogP contribution in [-0.2, 0) is 11.3 Å². The number of hydrogen-bond acceptors (Lipinski definition) is 4. The van der Waals surface area contributed by atoms with Crippen LogP contribution in [-0.4, -0.2) is 33.7 Å². The van der Waals surface area contributed by atoms with E-state index in [1.54, 1.807) is 6.92 Å². The molecule has 0 saturated heterocycles. The van der Waals surface area contributed by atoms with E-state index < -0.39 is 18.6 Å². The van der Waals surface area contributed by atoms with Gasteiger partial charge in [-0.15, -0.1) is 5.10 Å². The first-order valence-corrected chi connectivity index (χ1v) is 6.59. The van der Waals surface area contributed by atoms with Crippen LogP contribution < -0.4 is 0 Å². The van der Waals surface area contributed by atoms with Gasteiger partial charge in [0.2, 0.25) is 0 Å². The van der Waals surface area contributed by atoms with E-state index in [2.05, 4.69) is 10.3 Å². The van der Waals surface area contributed by atoms with Gasteiger partial charge in [0, 0.05) is 18.9 Å². The van der Waals surface area contributed by atoms with Gasteiger partial charge in [-0.1, -0.05) is 5.21 Å². The van der Waals surface area contributed by atoms with E-state index in [0.29, 0.717) is 5.69 Å². The number of carbonyl (C=O) groups is 1. The molecule has 0 amide bonds. The van der Waals surface area contributed by atoms with Crippen LogP contribution in [0.4, 0.5) is 13.2 Å². The van der Waals surface area contributed by atoms with Gasteiger partial charge in [-0.3, -0.25) is 0 Å². The lowest BCUT2D eigenvalue weighted by Crippen LogP contribution is -2.13. The van der Waals surface area contributed by atoms with Crippen molar-refractivity contribution in [2.24, 2.45) is 0 Å². The van der Waals surface area contributed by atoms with Crippen LogP contribution >= 0.6 is 0 Å². The largest absolute Gasteiger partial charge is 0.461 e. The lowest BCUT2D eigenvalue weighted by molar-refractivity contribution is -0.136. The Morgan fingerprint density at radius 2 is 2.15 bits per heavy atom. The van der Waals surface area contributed by atoms with Crippen molar-refractivity contribution in [1.29, 1.82) is 0 Å². The molecule has 0 atom stereocenters. The Balaban J connectivity index is 2.07. The average molecular weight is 291 g/mol. The lowest BCUT2D eigenvalue weighted by Gasteiger charge is -2.08. The number of aromatic nitrogens is 3. The van der Waals surface area contributed by atoms with Crippen LogP contribution in [0.1, 0.15) is 54.7 Å². The monoisotopic (exact) mass is 291 g/mol. The third-order valence-corrected chi connectivity index (χ3v) is 3.04. The highest BCUT2D eigenvalue weighted by molar-refractivity contribution is 5.88. The van der Waals surface area contributed by atoms with E-state index in [9.17, 15) is 18.0 Å². The molecule has 0 unspecified atom stereocenters. The highest BCUT2D eigenvalue weighted by Crippen LogP contribution is 2.41. The minimum absolute atomic E-state index is 0.0746. The van der Waals surface area contributed by atoms with Crippen LogP contribution in [0.25, 0.3) is 0 Å². The Labute approximate surface area is 114 Å². The molecule has 0 bridgehead atoms. The molecule has 1 fully saturated rings. The molecule has 0 spiro atoms. The number of ether oxygens (including phenoxy) is 1. The number of rotatable bonds is 6. The quantitative estimate of drug-likeness (QED) is 0.756. The van der Waals surface area contributed by atoms with E-state index in [-0.39, 0.29) is 31.2 Å². The maximum Gasteiger partial charge on any atom is 0.389 e. The SMILES string of the molecule is CCOC(=O)c1nnn(CCCC(F)(F)F)c1C1CC1. The average Bonchev–Trinajstić information content (AvgIpc) is 3.09. The molecular formula is C12H16F3N3O2. The van der Waals surface area contributed by atoms with Gasteiger partial charge in [-0.25, -0.2) is 9.48 Å². The summed E-state index contributed by atoms with van der Waals surface area (Å²) in [5.74, 6) is -0.397. The molecular weight excluding hydrogens is 275 g/mol. The summed E-state index contributed by atoms with van der Waals surface area (Å²) >= 11 is 0. The van der Waals surface area contributed by atoms with Crippen molar-refractivity contribution in [2.45, 2.75) is 51.2 Å². The van der Waals surface area contributed by atoms with Crippen molar-refractivity contribution in [1.82, 2.24) is 15.0 Å². The number of aryl methyl sites for hydroxylation is 1. The number of carbonyl (C=O) groups excluding carboxylic acids is 1. The first-order chi connectivity index (χ1) is 9.42. The Morgan fingerprint density at radius 3 is 2.70 bits per heavy atom. The van der Waals surface area contributed by atoms with E-state index in [1.165, 1.54) is 4.68 Å². The van der Waals surface area contributed by atoms with Gasteiger partial charge in [0.25, 0.3) is 0 Å². The Hall–Kier alpha value is -1.60. The number of halogens is 3. The zero-order valence-corrected chi connectivity index (χ0v) is 11.1. The molecule has 1 heterocycles. The third-order valence-electron chi connectivity index (χ3n) is 3.04. The third kappa shape index (κ3) is 3.71. The standard InChI is InChI=1S/C12H16F3N3O2/c1-2-20-11(19)9-10(8-4-5-8)18(17-16-9)7-3-6-12(13,14)15/h8H,2-7H2,1H3. The summed E-state index contributed by atoms with van der Waals surface area (Å²) < 4.78 is 42.7. The lowest BCUT2D eigenvalue weighted by atomic mass is 10.2. The number of nitrogens with zero attached hydrogens (tertiary/aromatic N) is 3. The minimum Gasteiger partial charge on any atom is -0.461 e. The molecule has 1 aliphatic carbocycles. The van der Waals surface area contributed by atoms with E-state index >= 15 is 0 Å². The normalized spacial score (nSPS) is 15.4. The van der Waals surface area contributed by atoms with Gasteiger partial charge in [0.15, 0.2) is 5.69 Å². The highest BCUT2D eigenvalue weighted by atomic mass is 19.4. The molecule has 1 saturated carbocycles. The van der Waals surface area contributed by atoms with E-state index in [1.807, 2.05) is 0 Å². The van der Waals surface area contributed by atoms with Crippen molar-refractivity contribution < 1.29 is 22.7 Å². The molecule has 8 heteroatoms. The van der Waals surface area contributed by atoms with E-state index in [4.69, 9.17) is 4.74 Å². The van der Waals surface area contributed by atoms with Gasteiger partial charge in [0.05, 0.1) is 12.3 Å². The van der Waals surface area contributed by atoms with Gasteiger partial charge >= 0.3 is 12.1 Å². The van der Waals surface area contributed by atoms with Crippen LogP contribution in [0.15, 0.2) is 0 Å². The summed E-state index contributed by atoms with van der Waals surface area (Å²) in [6.07, 6.45) is -3.32. The molecule has 5 nitrogen and oxygen atoms in total. The summed E-state index contributed by atoms with van der Waals surface area (Å²) in [7, 11) is 0. The summed E-state index contributed by atoms with van der Waals surface area (Å²) in [6.45, 7) is 2.02. The summed E-state index contributed by atoms with van der Waals surface area (Å²) in [4.78, 5) is 11.7. The fourth-order valence-corrected chi connectivity index (χ4v) is 2.02. The predicted octanol–water partition coefficient (Wildman–Crippen LogP) is 2.67. The number of hydrogen-bond donors (Lipinski definition) is 0. The second kappa shape index (κ2) is 5.80. The van der Waals surface area contributed by atoms with Crippen LogP contribution in [0.2, 0.25) is 0 Å². The second-order valence-corrected chi connectivity index (χ2v) is 4.76. The number of alkyl halides is 3. The first-order valence-electron chi connectivity index (χ1n) is 6.59. The molecule has 0 aliphatic heterocycles. The fraction of sp³-hybridized carbons (Fsp3) is 0.750. The maximum atomic E-state index is 12.1. The van der Waals surface area contributed by atoms with Crippen molar-refractivity contribution in [2.75, 3.05) is 6.61 Å². The highest BCUT2D eigenvalue weighted by Gasteiger charge is 2.34. The van der Waals surface area contributed by atoms with Crippen LogP contribution in [0.5, 0.6) is 0 Å². The van der Waals surface area contributed by atoms with Crippen molar-refractivity contribution in [3.63, 3.8) is 0 Å². The van der Waals surface area contributed by atoms with Gasteiger partial charge in [-0.05, 0) is 26.2 Å². The molecule has 0 radical (unpaired) electrons. The van der Waals surface area contributed by atoms with Gasteiger partial charge in [-0.2, -0.15) is 13.2 Å². The van der Waals surface area contributed by atoms with Crippen molar-refractivity contribution in [3.8, 4) is 0 Å². The first kappa shape index (κ1) is 14.8. The molecule has 0 N–H and O–H groups in total. The van der Waals surface area contributed by atoms with E-state index in [0.717, 1.165) is 12.8 Å². The molecule has 20 heavy (non-hydrogen) atoms. The second-order valence-electron chi connectivity index (χ2n) is 4.76. The zero-order valence-electron chi connectivity index (χ0n) is 11.1. The topological polar surface area (TPSA) is 57.0 Å². The summed E-state index contributed by atoms with van der Waals surface area (Å²) in [5, 5.41) is 7.57. The zero-order chi connectivity index (χ0) is 14.8. The van der Waals surface area contributed by atoms with Gasteiger partial charge < -0.3 is 4.74 Å². The van der Waals surface area contributed by atoms with Gasteiger partial charge in [0.1, 0.15) is 0 Å². The predicted molar refractivity (Wildman–Crippen MR) is 63.2 cm³/mol. The molecule has 0 aromatic carbocycles. The Bertz CT molecular complexity index is 481.